The van der Waals surface area contributed by atoms with E-state index in [1.807, 2.05) is 0 Å². The van der Waals surface area contributed by atoms with Crippen LogP contribution in [0.15, 0.2) is 260 Å². The summed E-state index contributed by atoms with van der Waals surface area (Å²) in [5.74, 6) is 0. The van der Waals surface area contributed by atoms with Crippen molar-refractivity contribution in [1.82, 2.24) is 4.57 Å². The van der Waals surface area contributed by atoms with Crippen LogP contribution in [-0.4, -0.2) is 4.57 Å². The van der Waals surface area contributed by atoms with Gasteiger partial charge in [0.1, 0.15) is 0 Å². The molecule has 0 saturated carbocycles. The Morgan fingerprint density at radius 1 is 0.422 bits per heavy atom. The van der Waals surface area contributed by atoms with E-state index < -0.39 is 5.41 Å². The number of hydrogen-bond acceptors (Lipinski definition) is 1. The summed E-state index contributed by atoms with van der Waals surface area (Å²) in [5, 5.41) is 2.51. The van der Waals surface area contributed by atoms with Gasteiger partial charge in [0.25, 0.3) is 0 Å². The van der Waals surface area contributed by atoms with Gasteiger partial charge in [0, 0.05) is 38.9 Å². The Bertz CT molecular complexity index is 3340. The molecule has 0 spiro atoms. The van der Waals surface area contributed by atoms with Gasteiger partial charge in [-0.1, -0.05) is 195 Å². The van der Waals surface area contributed by atoms with Crippen LogP contribution in [0.4, 0.5) is 11.4 Å². The SMILES string of the molecule is CC12CC=C(N(c3ccc(-c4ccccc4)cc3)c3ccc(-c4ccc5c(c4)c4ccccc4n5-c4ccccc4)cc3)C=C1C(c1ccccc1)(c1ccccc1)c1ccccc12. The molecule has 2 nitrogen and oxygen atoms in total. The third kappa shape index (κ3) is 5.87. The zero-order valence-corrected chi connectivity index (χ0v) is 35.8. The highest BCUT2D eigenvalue weighted by molar-refractivity contribution is 6.10. The van der Waals surface area contributed by atoms with Gasteiger partial charge in [-0.05, 0) is 117 Å². The molecule has 0 amide bonds. The van der Waals surface area contributed by atoms with E-state index in [-0.39, 0.29) is 5.41 Å². The Morgan fingerprint density at radius 3 is 1.55 bits per heavy atom. The highest BCUT2D eigenvalue weighted by atomic mass is 15.1. The fraction of sp³-hybridized carbons (Fsp3) is 0.0645. The molecule has 2 aliphatic rings. The molecule has 2 heteroatoms. The largest absolute Gasteiger partial charge is 0.311 e. The average Bonchev–Trinajstić information content (AvgIpc) is 3.82. The quantitative estimate of drug-likeness (QED) is 0.148. The van der Waals surface area contributed by atoms with Gasteiger partial charge in [-0.2, -0.15) is 0 Å². The van der Waals surface area contributed by atoms with Crippen molar-refractivity contribution in [3.05, 3.63) is 282 Å². The van der Waals surface area contributed by atoms with Crippen molar-refractivity contribution in [2.75, 3.05) is 4.90 Å². The number of aromatic nitrogens is 1. The average molecular weight is 819 g/mol. The highest BCUT2D eigenvalue weighted by Crippen LogP contribution is 2.63. The van der Waals surface area contributed by atoms with Crippen LogP contribution in [0.25, 0.3) is 49.7 Å². The lowest BCUT2D eigenvalue weighted by molar-refractivity contribution is 0.536. The molecule has 12 rings (SSSR count). The molecule has 0 N–H and O–H groups in total. The first-order chi connectivity index (χ1) is 31.6. The number of hydrogen-bond donors (Lipinski definition) is 0. The van der Waals surface area contributed by atoms with Crippen molar-refractivity contribution < 1.29 is 0 Å². The third-order valence-electron chi connectivity index (χ3n) is 14.0. The predicted molar refractivity (Wildman–Crippen MR) is 268 cm³/mol. The maximum atomic E-state index is 2.53. The van der Waals surface area contributed by atoms with Crippen LogP contribution in [-0.2, 0) is 10.8 Å². The number of benzene rings is 9. The van der Waals surface area contributed by atoms with Gasteiger partial charge < -0.3 is 9.47 Å². The molecule has 0 saturated heterocycles. The first kappa shape index (κ1) is 37.8. The molecule has 304 valence electrons. The number of allylic oxidation sites excluding steroid dienone is 3. The fourth-order valence-electron chi connectivity index (χ4n) is 11.0. The number of nitrogens with zero attached hydrogens (tertiary/aromatic N) is 2. The molecule has 0 fully saturated rings. The minimum absolute atomic E-state index is 0.208. The summed E-state index contributed by atoms with van der Waals surface area (Å²) in [7, 11) is 0. The second-order valence-corrected chi connectivity index (χ2v) is 17.5. The standard InChI is InChI=1S/C62H46N2/c1-61-41-40-53(43-60(61)62(48-20-8-3-9-21-48,49-22-10-4-11-23-49)57-28-16-15-27-56(57)61)63(51-35-30-45(31-36-51)44-18-6-2-7-19-44)52-37-32-46(33-38-52)47-34-39-59-55(42-47)54-26-14-17-29-58(54)64(59)50-24-12-5-13-25-50/h2-40,42-43H,41H2,1H3. The van der Waals surface area contributed by atoms with Gasteiger partial charge in [0.15, 0.2) is 0 Å². The van der Waals surface area contributed by atoms with E-state index in [9.17, 15) is 0 Å². The third-order valence-corrected chi connectivity index (χ3v) is 14.0. The minimum atomic E-state index is -0.470. The molecule has 1 aromatic heterocycles. The lowest BCUT2D eigenvalue weighted by atomic mass is 9.63. The molecule has 1 unspecified atom stereocenters. The number of anilines is 2. The fourth-order valence-corrected chi connectivity index (χ4v) is 11.0. The Labute approximate surface area is 375 Å². The van der Waals surface area contributed by atoms with Crippen LogP contribution in [0.1, 0.15) is 35.6 Å². The highest BCUT2D eigenvalue weighted by Gasteiger charge is 2.56. The van der Waals surface area contributed by atoms with Crippen molar-refractivity contribution in [2.24, 2.45) is 0 Å². The van der Waals surface area contributed by atoms with Gasteiger partial charge in [-0.15, -0.1) is 0 Å². The van der Waals surface area contributed by atoms with E-state index in [0.29, 0.717) is 0 Å². The smallest absolute Gasteiger partial charge is 0.0676 e. The summed E-state index contributed by atoms with van der Waals surface area (Å²) in [4.78, 5) is 2.46. The molecule has 10 aromatic rings. The second kappa shape index (κ2) is 15.1. The van der Waals surface area contributed by atoms with E-state index >= 15 is 0 Å². The summed E-state index contributed by atoms with van der Waals surface area (Å²) in [6, 6.07) is 86.8. The molecule has 1 heterocycles. The van der Waals surface area contributed by atoms with Gasteiger partial charge in [-0.3, -0.25) is 0 Å². The lowest BCUT2D eigenvalue weighted by Gasteiger charge is -2.41. The van der Waals surface area contributed by atoms with Crippen LogP contribution in [0.2, 0.25) is 0 Å². The Hall–Kier alpha value is -7.94. The molecular weight excluding hydrogens is 773 g/mol. The number of para-hydroxylation sites is 2. The molecule has 2 aliphatic carbocycles. The minimum Gasteiger partial charge on any atom is -0.311 e. The summed E-state index contributed by atoms with van der Waals surface area (Å²) in [5.41, 5.74) is 17.9. The van der Waals surface area contributed by atoms with E-state index in [1.54, 1.807) is 0 Å². The van der Waals surface area contributed by atoms with Gasteiger partial charge in [0.2, 0.25) is 0 Å². The molecule has 1 atom stereocenters. The first-order valence-corrected chi connectivity index (χ1v) is 22.4. The van der Waals surface area contributed by atoms with Crippen LogP contribution in [0.5, 0.6) is 0 Å². The van der Waals surface area contributed by atoms with Gasteiger partial charge in [-0.25, -0.2) is 0 Å². The normalized spacial score (nSPS) is 16.2. The van der Waals surface area contributed by atoms with Crippen molar-refractivity contribution in [3.8, 4) is 27.9 Å². The maximum Gasteiger partial charge on any atom is 0.0676 e. The van der Waals surface area contributed by atoms with E-state index in [2.05, 4.69) is 265 Å². The van der Waals surface area contributed by atoms with Crippen molar-refractivity contribution in [3.63, 3.8) is 0 Å². The summed E-state index contributed by atoms with van der Waals surface area (Å²) in [6.07, 6.45) is 5.88. The summed E-state index contributed by atoms with van der Waals surface area (Å²) in [6.45, 7) is 2.46. The van der Waals surface area contributed by atoms with Gasteiger partial charge in [0.05, 0.1) is 16.4 Å². The molecule has 0 aliphatic heterocycles. The Morgan fingerprint density at radius 2 is 0.906 bits per heavy atom. The number of rotatable bonds is 8. The zero-order chi connectivity index (χ0) is 42.7. The van der Waals surface area contributed by atoms with Crippen LogP contribution < -0.4 is 4.90 Å². The van der Waals surface area contributed by atoms with E-state index in [4.69, 9.17) is 0 Å². The van der Waals surface area contributed by atoms with Crippen LogP contribution in [0.3, 0.4) is 0 Å². The first-order valence-electron chi connectivity index (χ1n) is 22.4. The second-order valence-electron chi connectivity index (χ2n) is 17.5. The molecule has 9 aromatic carbocycles. The Balaban J connectivity index is 1.01. The van der Waals surface area contributed by atoms with E-state index in [0.717, 1.165) is 17.8 Å². The topological polar surface area (TPSA) is 8.17 Å². The summed E-state index contributed by atoms with van der Waals surface area (Å²) >= 11 is 0. The number of fused-ring (bicyclic) bond motifs is 6. The van der Waals surface area contributed by atoms with E-state index in [1.165, 1.54) is 83.3 Å². The van der Waals surface area contributed by atoms with Gasteiger partial charge >= 0.3 is 0 Å². The summed E-state index contributed by atoms with van der Waals surface area (Å²) < 4.78 is 2.38. The molecular formula is C62H46N2. The zero-order valence-electron chi connectivity index (χ0n) is 35.8. The monoisotopic (exact) mass is 818 g/mol. The van der Waals surface area contributed by atoms with Crippen LogP contribution in [0, 0.1) is 0 Å². The van der Waals surface area contributed by atoms with Crippen molar-refractivity contribution in [1.29, 1.82) is 0 Å². The molecule has 0 radical (unpaired) electrons. The van der Waals surface area contributed by atoms with Crippen molar-refractivity contribution in [2.45, 2.75) is 24.2 Å². The molecule has 0 bridgehead atoms. The van der Waals surface area contributed by atoms with Crippen LogP contribution >= 0.6 is 0 Å². The van der Waals surface area contributed by atoms with Crippen molar-refractivity contribution >= 4 is 33.2 Å². The predicted octanol–water partition coefficient (Wildman–Crippen LogP) is 15.8. The maximum absolute atomic E-state index is 2.53. The molecule has 64 heavy (non-hydrogen) atoms. The lowest BCUT2D eigenvalue weighted by Crippen LogP contribution is -2.35. The Kier molecular flexibility index (Phi) is 8.95.